The molecule has 9 amide bonds. The van der Waals surface area contributed by atoms with Crippen LogP contribution in [0.3, 0.4) is 0 Å². The van der Waals surface area contributed by atoms with Gasteiger partial charge >= 0.3 is 12.0 Å². The monoisotopic (exact) mass is 1480 g/mol. The van der Waals surface area contributed by atoms with Gasteiger partial charge in [-0.3, -0.25) is 38.4 Å². The zero-order valence-electron chi connectivity index (χ0n) is 60.8. The first-order valence-corrected chi connectivity index (χ1v) is 36.3. The molecule has 32 heteroatoms. The minimum atomic E-state index is -1.63. The first kappa shape index (κ1) is 84.3. The lowest BCUT2D eigenvalue weighted by molar-refractivity contribution is -0.254. The summed E-state index contributed by atoms with van der Waals surface area (Å²) in [5.41, 5.74) is 10.5. The van der Waals surface area contributed by atoms with Crippen LogP contribution in [-0.2, 0) is 91.1 Å². The Morgan fingerprint density at radius 3 is 2.00 bits per heavy atom. The Balaban J connectivity index is 0.845. The van der Waals surface area contributed by atoms with Crippen molar-refractivity contribution in [2.75, 3.05) is 95.9 Å². The Labute approximate surface area is 616 Å². The molecule has 0 bridgehead atoms. The maximum absolute atomic E-state index is 14.3. The van der Waals surface area contributed by atoms with Gasteiger partial charge in [-0.1, -0.05) is 100 Å². The summed E-state index contributed by atoms with van der Waals surface area (Å²) in [7, 11) is 0. The number of esters is 1. The van der Waals surface area contributed by atoms with E-state index in [0.717, 1.165) is 36.0 Å². The van der Waals surface area contributed by atoms with Crippen molar-refractivity contribution in [1.29, 1.82) is 0 Å². The molecule has 1 aromatic heterocycles. The van der Waals surface area contributed by atoms with E-state index in [9.17, 15) is 63.6 Å². The number of amides is 9. The van der Waals surface area contributed by atoms with Crippen molar-refractivity contribution < 1.29 is 96.7 Å². The first-order chi connectivity index (χ1) is 51.1. The summed E-state index contributed by atoms with van der Waals surface area (Å²) in [4.78, 5) is 121. The summed E-state index contributed by atoms with van der Waals surface area (Å²) in [5.74, 6) is 1.70. The number of benzene rings is 3. The highest BCUT2D eigenvalue weighted by Gasteiger charge is 2.46. The molecule has 3 heterocycles. The zero-order valence-corrected chi connectivity index (χ0v) is 60.8. The Hall–Kier alpha value is -9.01. The van der Waals surface area contributed by atoms with Crippen LogP contribution in [0.15, 0.2) is 72.8 Å². The molecule has 0 spiro atoms. The smallest absolute Gasteiger partial charge is 0.312 e. The van der Waals surface area contributed by atoms with Gasteiger partial charge in [-0.15, -0.1) is 5.10 Å². The van der Waals surface area contributed by atoms with Crippen molar-refractivity contribution in [1.82, 2.24) is 46.9 Å². The fourth-order valence-electron chi connectivity index (χ4n) is 11.8. The minimum Gasteiger partial charge on any atom is -0.461 e. The lowest BCUT2D eigenvalue weighted by atomic mass is 9.96. The third-order valence-corrected chi connectivity index (χ3v) is 17.7. The standard InChI is InChI=1S/C74H104N12O20/c1-47(2)64(71(97)81-55(19-14-33-78-74(75)99)69(95)79-53-27-23-49(24-28-53)45-105-73(98)48(3)4)82-70(96)54(18-12-13-32-76-62(90)46-104-58-22-7-5-6-21-57-65(58)83-84-86(57)72-68(94)67(93)66(92)59(44-87)106-72)80-61(89)31-35-100-37-39-102-41-42-103-40-38-101-36-34-77-60(88)29-30-63(91)85-43-52-17-9-8-15-50(52)25-26-51-16-10-11-20-56(51)85/h8-11,15-17,20,23-24,27-28,47-48,54-55,58-59,64,66-68,72,87,92-94H,5-7,12-14,18-19,21-22,29-46H2,1-4H3,(H,76,90)(H,77,88)(H,79,95)(H,80,89)(H,81,97)(H,82,96)(H3,75,78,99)/t54-,55+,58?,59-,64+,66+,67+,68-,72-/m1/s1. The second-order valence-corrected chi connectivity index (χ2v) is 26.6. The third kappa shape index (κ3) is 27.4. The van der Waals surface area contributed by atoms with Gasteiger partial charge in [0.1, 0.15) is 67.6 Å². The van der Waals surface area contributed by atoms with E-state index in [-0.39, 0.29) is 148 Å². The van der Waals surface area contributed by atoms with Gasteiger partial charge in [-0.25, -0.2) is 9.48 Å². The number of ether oxygens (including phenoxy) is 7. The average Bonchev–Trinajstić information content (AvgIpc) is 1.52. The number of carbonyl (C=O) groups is 9. The fourth-order valence-corrected chi connectivity index (χ4v) is 11.8. The highest BCUT2D eigenvalue weighted by molar-refractivity contribution is 5.99. The molecule has 32 nitrogen and oxygen atoms in total. The molecule has 1 unspecified atom stereocenters. The Kier molecular flexibility index (Phi) is 35.6. The van der Waals surface area contributed by atoms with E-state index in [1.165, 1.54) is 4.68 Å². The molecule has 7 rings (SSSR count). The number of nitrogens with zero attached hydrogens (tertiary/aromatic N) is 4. The Bertz CT molecular complexity index is 3570. The number of para-hydroxylation sites is 1. The molecule has 0 radical (unpaired) electrons. The van der Waals surface area contributed by atoms with Crippen LogP contribution in [0.1, 0.15) is 151 Å². The van der Waals surface area contributed by atoms with Crippen molar-refractivity contribution in [2.45, 2.75) is 179 Å². The Morgan fingerprint density at radius 2 is 1.29 bits per heavy atom. The summed E-state index contributed by atoms with van der Waals surface area (Å²) in [6.07, 6.45) is -3.78. The second-order valence-electron chi connectivity index (χ2n) is 26.6. The van der Waals surface area contributed by atoms with Gasteiger partial charge < -0.3 is 101 Å². The summed E-state index contributed by atoms with van der Waals surface area (Å²) >= 11 is 0. The van der Waals surface area contributed by atoms with E-state index < -0.39 is 103 Å². The van der Waals surface area contributed by atoms with Gasteiger partial charge in [0.2, 0.25) is 41.4 Å². The lowest BCUT2D eigenvalue weighted by Crippen LogP contribution is -2.57. The van der Waals surface area contributed by atoms with Crippen molar-refractivity contribution in [2.24, 2.45) is 17.6 Å². The number of primary amides is 1. The molecule has 3 aromatic carbocycles. The quantitative estimate of drug-likeness (QED) is 0.0171. The van der Waals surface area contributed by atoms with Crippen LogP contribution in [0.4, 0.5) is 16.2 Å². The van der Waals surface area contributed by atoms with Crippen LogP contribution in [0.5, 0.6) is 0 Å². The zero-order chi connectivity index (χ0) is 76.3. The molecule has 0 saturated carbocycles. The van der Waals surface area contributed by atoms with Crippen LogP contribution in [0.2, 0.25) is 0 Å². The van der Waals surface area contributed by atoms with Crippen LogP contribution in [0.25, 0.3) is 0 Å². The van der Waals surface area contributed by atoms with Crippen molar-refractivity contribution >= 4 is 64.7 Å². The van der Waals surface area contributed by atoms with E-state index in [1.807, 2.05) is 48.5 Å². The molecule has 13 N–H and O–H groups in total. The Morgan fingerprint density at radius 1 is 0.642 bits per heavy atom. The van der Waals surface area contributed by atoms with Crippen molar-refractivity contribution in [3.8, 4) is 11.8 Å². The normalized spacial score (nSPS) is 18.4. The number of nitrogens with two attached hydrogens (primary N) is 1. The summed E-state index contributed by atoms with van der Waals surface area (Å²) in [6, 6.07) is 17.4. The maximum atomic E-state index is 14.3. The van der Waals surface area contributed by atoms with Gasteiger partial charge in [-0.05, 0) is 98.7 Å². The second kappa shape index (κ2) is 44.8. The largest absolute Gasteiger partial charge is 0.461 e. The number of urea groups is 1. The van der Waals surface area contributed by atoms with E-state index in [4.69, 9.17) is 38.9 Å². The molecular weight excluding hydrogens is 1380 g/mol. The van der Waals surface area contributed by atoms with Crippen LogP contribution in [-0.4, -0.2) is 217 Å². The number of aromatic nitrogens is 3. The first-order valence-electron chi connectivity index (χ1n) is 36.3. The third-order valence-electron chi connectivity index (χ3n) is 17.7. The number of carbonyl (C=O) groups excluding carboxylic acids is 9. The van der Waals surface area contributed by atoms with Gasteiger partial charge in [0.25, 0.3) is 0 Å². The number of aliphatic hydroxyl groups excluding tert-OH is 4. The van der Waals surface area contributed by atoms with Gasteiger partial charge in [0.15, 0.2) is 6.23 Å². The number of aliphatic hydroxyl groups is 4. The summed E-state index contributed by atoms with van der Waals surface area (Å²) in [5, 5.41) is 69.3. The average molecular weight is 1480 g/mol. The molecule has 4 aromatic rings. The number of hydrogen-bond donors (Lipinski definition) is 12. The lowest BCUT2D eigenvalue weighted by Gasteiger charge is -2.40. The highest BCUT2D eigenvalue weighted by atomic mass is 16.6. The number of unbranched alkanes of at least 4 members (excludes halogenated alkanes) is 1. The highest BCUT2D eigenvalue weighted by Crippen LogP contribution is 2.35. The topological polar surface area (TPSA) is 443 Å². The molecule has 2 aliphatic heterocycles. The molecule has 1 aliphatic carbocycles. The maximum Gasteiger partial charge on any atom is 0.312 e. The van der Waals surface area contributed by atoms with Crippen molar-refractivity contribution in [3.63, 3.8) is 0 Å². The van der Waals surface area contributed by atoms with Gasteiger partial charge in [-0.2, -0.15) is 0 Å². The number of fused-ring (bicyclic) bond motifs is 3. The minimum absolute atomic E-state index is 0.00954. The summed E-state index contributed by atoms with van der Waals surface area (Å²) < 4.78 is 41.0. The fraction of sp³-hybridized carbons (Fsp3) is 0.581. The van der Waals surface area contributed by atoms with E-state index in [2.05, 4.69) is 59.4 Å². The predicted octanol–water partition coefficient (Wildman–Crippen LogP) is 1.91. The molecular formula is C74H104N12O20. The SMILES string of the molecule is CC(C)C(=O)OCc1ccc(NC(=O)[C@H](CCCNC(N)=O)NC(=O)[C@@H](NC(=O)[C@@H](CCCCNC(=O)COC2CCCCCc3c2nnn3[C@@H]2O[C@H](CO)[C@H](O)[C@H](O)[C@H]2O)NC(=O)CCOCCOCCOCCOCCNC(=O)CCC(=O)N2Cc3ccccc3C#Cc3ccccc32)C(C)C)cc1. The van der Waals surface area contributed by atoms with Gasteiger partial charge in [0, 0.05) is 55.7 Å². The summed E-state index contributed by atoms with van der Waals surface area (Å²) in [6.45, 7) is 8.27. The van der Waals surface area contributed by atoms with Crippen LogP contribution in [0, 0.1) is 23.7 Å². The number of nitrogens with one attached hydrogen (secondary N) is 7. The number of rotatable bonds is 43. The van der Waals surface area contributed by atoms with Crippen LogP contribution < -0.4 is 47.9 Å². The number of hydrogen-bond acceptors (Lipinski definition) is 22. The van der Waals surface area contributed by atoms with Gasteiger partial charge in [0.05, 0.1) is 83.3 Å². The van der Waals surface area contributed by atoms with E-state index in [0.29, 0.717) is 60.6 Å². The van der Waals surface area contributed by atoms with E-state index in [1.54, 1.807) is 56.9 Å². The van der Waals surface area contributed by atoms with E-state index >= 15 is 0 Å². The number of anilines is 2. The molecule has 1 saturated heterocycles. The van der Waals surface area contributed by atoms with Crippen LogP contribution >= 0.6 is 0 Å². The molecule has 106 heavy (non-hydrogen) atoms. The molecule has 9 atom stereocenters. The van der Waals surface area contributed by atoms with Crippen molar-refractivity contribution in [3.05, 3.63) is 106 Å². The molecule has 1 fully saturated rings. The molecule has 3 aliphatic rings. The predicted molar refractivity (Wildman–Crippen MR) is 384 cm³/mol. The molecule has 580 valence electrons.